The highest BCUT2D eigenvalue weighted by Crippen LogP contribution is 2.37. The van der Waals surface area contributed by atoms with Gasteiger partial charge in [0.1, 0.15) is 5.82 Å². The fourth-order valence-electron chi connectivity index (χ4n) is 2.30. The van der Waals surface area contributed by atoms with E-state index in [-0.39, 0.29) is 10.4 Å². The van der Waals surface area contributed by atoms with Crippen molar-refractivity contribution in [2.75, 3.05) is 10.7 Å². The zero-order valence-corrected chi connectivity index (χ0v) is 15.7. The monoisotopic (exact) mass is 452 g/mol. The molecule has 2 aromatic carbocycles. The molecule has 5 heteroatoms. The van der Waals surface area contributed by atoms with Gasteiger partial charge in [-0.25, -0.2) is 4.39 Å². The SMILES string of the molecule is Fc1ccc(CC(CBr)(CBr)c2ccccc2Cl)cc1Cl. The van der Waals surface area contributed by atoms with Gasteiger partial charge in [-0.15, -0.1) is 0 Å². The molecule has 2 aromatic rings. The first kappa shape index (κ1) is 17.3. The molecular weight excluding hydrogens is 442 g/mol. The lowest BCUT2D eigenvalue weighted by Gasteiger charge is -2.32. The molecule has 2 rings (SSSR count). The summed E-state index contributed by atoms with van der Waals surface area (Å²) in [5.41, 5.74) is 1.81. The Bertz CT molecular complexity index is 627. The fourth-order valence-corrected chi connectivity index (χ4v) is 4.77. The lowest BCUT2D eigenvalue weighted by atomic mass is 9.79. The highest BCUT2D eigenvalue weighted by Gasteiger charge is 2.32. The maximum Gasteiger partial charge on any atom is 0.141 e. The molecule has 0 nitrogen and oxygen atoms in total. The van der Waals surface area contributed by atoms with Crippen molar-refractivity contribution in [1.82, 2.24) is 0 Å². The molecule has 21 heavy (non-hydrogen) atoms. The Kier molecular flexibility index (Phi) is 6.13. The molecule has 0 saturated carbocycles. The van der Waals surface area contributed by atoms with E-state index in [4.69, 9.17) is 23.2 Å². The third kappa shape index (κ3) is 3.82. The molecule has 0 spiro atoms. The van der Waals surface area contributed by atoms with Crippen LogP contribution in [0.2, 0.25) is 10.0 Å². The van der Waals surface area contributed by atoms with Crippen molar-refractivity contribution >= 4 is 55.1 Å². The van der Waals surface area contributed by atoms with Crippen LogP contribution in [0, 0.1) is 5.82 Å². The summed E-state index contributed by atoms with van der Waals surface area (Å²) in [5, 5.41) is 2.32. The summed E-state index contributed by atoms with van der Waals surface area (Å²) in [6.45, 7) is 0. The molecule has 0 aliphatic rings. The normalized spacial score (nSPS) is 11.7. The second-order valence-electron chi connectivity index (χ2n) is 4.95. The second kappa shape index (κ2) is 7.45. The first-order valence-electron chi connectivity index (χ1n) is 6.33. The van der Waals surface area contributed by atoms with E-state index in [1.165, 1.54) is 6.07 Å². The van der Waals surface area contributed by atoms with E-state index in [9.17, 15) is 4.39 Å². The molecule has 0 fully saturated rings. The van der Waals surface area contributed by atoms with Crippen LogP contribution in [0.5, 0.6) is 0 Å². The van der Waals surface area contributed by atoms with Crippen LogP contribution < -0.4 is 0 Å². The maximum absolute atomic E-state index is 13.3. The second-order valence-corrected chi connectivity index (χ2v) is 6.89. The van der Waals surface area contributed by atoms with E-state index in [0.29, 0.717) is 6.42 Å². The van der Waals surface area contributed by atoms with Crippen LogP contribution in [-0.4, -0.2) is 10.7 Å². The minimum atomic E-state index is -0.401. The maximum atomic E-state index is 13.3. The van der Waals surface area contributed by atoms with Gasteiger partial charge in [0.05, 0.1) is 5.02 Å². The molecule has 0 bridgehead atoms. The summed E-state index contributed by atoms with van der Waals surface area (Å²) in [5.74, 6) is -0.401. The fraction of sp³-hybridized carbons (Fsp3) is 0.250. The minimum Gasteiger partial charge on any atom is -0.205 e. The van der Waals surface area contributed by atoms with Gasteiger partial charge in [-0.2, -0.15) is 0 Å². The van der Waals surface area contributed by atoms with Gasteiger partial charge in [0, 0.05) is 21.1 Å². The Balaban J connectivity index is 2.43. The first-order valence-corrected chi connectivity index (χ1v) is 9.33. The highest BCUT2D eigenvalue weighted by atomic mass is 79.9. The van der Waals surface area contributed by atoms with Crippen LogP contribution in [-0.2, 0) is 11.8 Å². The molecule has 0 unspecified atom stereocenters. The Hall–Kier alpha value is -0.0900. The summed E-state index contributed by atoms with van der Waals surface area (Å²) >= 11 is 19.4. The van der Waals surface area contributed by atoms with Crippen molar-refractivity contribution in [1.29, 1.82) is 0 Å². The van der Waals surface area contributed by atoms with Gasteiger partial charge in [0.15, 0.2) is 0 Å². The van der Waals surface area contributed by atoms with E-state index in [1.54, 1.807) is 12.1 Å². The van der Waals surface area contributed by atoms with Gasteiger partial charge in [-0.3, -0.25) is 0 Å². The predicted octanol–water partition coefficient (Wildman–Crippen LogP) is 6.40. The van der Waals surface area contributed by atoms with E-state index in [0.717, 1.165) is 26.8 Å². The van der Waals surface area contributed by atoms with Crippen LogP contribution in [0.25, 0.3) is 0 Å². The quantitative estimate of drug-likeness (QED) is 0.458. The van der Waals surface area contributed by atoms with Gasteiger partial charge in [0.2, 0.25) is 0 Å². The summed E-state index contributed by atoms with van der Waals surface area (Å²) < 4.78 is 13.3. The number of benzene rings is 2. The minimum absolute atomic E-state index is 0.143. The first-order chi connectivity index (χ1) is 10.0. The Morgan fingerprint density at radius 3 is 2.19 bits per heavy atom. The molecule has 0 aliphatic carbocycles. The van der Waals surface area contributed by atoms with Gasteiger partial charge in [0.25, 0.3) is 0 Å². The third-order valence-electron chi connectivity index (χ3n) is 3.48. The number of alkyl halides is 2. The van der Waals surface area contributed by atoms with Gasteiger partial charge in [-0.05, 0) is 35.7 Å². The smallest absolute Gasteiger partial charge is 0.141 e. The summed E-state index contributed by atoms with van der Waals surface area (Å²) in [4.78, 5) is 0. The molecule has 112 valence electrons. The lowest BCUT2D eigenvalue weighted by Crippen LogP contribution is -2.33. The van der Waals surface area contributed by atoms with E-state index < -0.39 is 5.82 Å². The molecule has 0 amide bonds. The molecule has 0 heterocycles. The Morgan fingerprint density at radius 2 is 1.62 bits per heavy atom. The zero-order chi connectivity index (χ0) is 15.5. The van der Waals surface area contributed by atoms with E-state index >= 15 is 0 Å². The molecular formula is C16H13Br2Cl2F. The number of hydrogen-bond donors (Lipinski definition) is 0. The van der Waals surface area contributed by atoms with Crippen LogP contribution in [0.4, 0.5) is 4.39 Å². The summed E-state index contributed by atoms with van der Waals surface area (Å²) in [6.07, 6.45) is 0.702. The van der Waals surface area contributed by atoms with Crippen molar-refractivity contribution in [2.45, 2.75) is 11.8 Å². The van der Waals surface area contributed by atoms with Crippen LogP contribution >= 0.6 is 55.1 Å². The number of halogens is 5. The van der Waals surface area contributed by atoms with Gasteiger partial charge >= 0.3 is 0 Å². The third-order valence-corrected chi connectivity index (χ3v) is 6.25. The van der Waals surface area contributed by atoms with E-state index in [2.05, 4.69) is 31.9 Å². The Labute approximate surface area is 150 Å². The van der Waals surface area contributed by atoms with Crippen molar-refractivity contribution in [3.63, 3.8) is 0 Å². The summed E-state index contributed by atoms with van der Waals surface area (Å²) in [7, 11) is 0. The molecule has 0 saturated heterocycles. The molecule has 0 aromatic heterocycles. The number of hydrogen-bond acceptors (Lipinski definition) is 0. The number of rotatable bonds is 5. The van der Waals surface area contributed by atoms with Crippen LogP contribution in [0.3, 0.4) is 0 Å². The predicted molar refractivity (Wildman–Crippen MR) is 95.8 cm³/mol. The molecule has 0 aliphatic heterocycles. The molecule has 0 N–H and O–H groups in total. The lowest BCUT2D eigenvalue weighted by molar-refractivity contribution is 0.550. The van der Waals surface area contributed by atoms with Crippen molar-refractivity contribution in [3.8, 4) is 0 Å². The van der Waals surface area contributed by atoms with Crippen molar-refractivity contribution in [2.24, 2.45) is 0 Å². The summed E-state index contributed by atoms with van der Waals surface area (Å²) in [6, 6.07) is 12.6. The average Bonchev–Trinajstić information content (AvgIpc) is 2.49. The molecule has 0 radical (unpaired) electrons. The van der Waals surface area contributed by atoms with Crippen molar-refractivity contribution in [3.05, 3.63) is 69.5 Å². The van der Waals surface area contributed by atoms with Crippen molar-refractivity contribution < 1.29 is 4.39 Å². The standard InChI is InChI=1S/C16H13Br2Cl2F/c17-9-16(10-18,12-3-1-2-4-13(12)19)8-11-5-6-15(21)14(20)7-11/h1-7H,8-10H2. The van der Waals surface area contributed by atoms with Crippen LogP contribution in [0.15, 0.2) is 42.5 Å². The van der Waals surface area contributed by atoms with E-state index in [1.807, 2.05) is 24.3 Å². The van der Waals surface area contributed by atoms with Crippen LogP contribution in [0.1, 0.15) is 11.1 Å². The largest absolute Gasteiger partial charge is 0.205 e. The average molecular weight is 455 g/mol. The van der Waals surface area contributed by atoms with Gasteiger partial charge in [-0.1, -0.05) is 79.3 Å². The topological polar surface area (TPSA) is 0 Å². The Morgan fingerprint density at radius 1 is 0.952 bits per heavy atom. The zero-order valence-electron chi connectivity index (χ0n) is 11.1. The van der Waals surface area contributed by atoms with Gasteiger partial charge < -0.3 is 0 Å². The highest BCUT2D eigenvalue weighted by molar-refractivity contribution is 9.09. The molecule has 0 atom stereocenters.